The van der Waals surface area contributed by atoms with Crippen LogP contribution in [0.1, 0.15) is 18.5 Å². The minimum atomic E-state index is -0.162. The van der Waals surface area contributed by atoms with Gasteiger partial charge in [0.25, 0.3) is 0 Å². The molecule has 2 rings (SSSR count). The average Bonchev–Trinajstić information content (AvgIpc) is 2.16. The molecule has 72 valence electrons. The highest BCUT2D eigenvalue weighted by atomic mass is 16.3. The van der Waals surface area contributed by atoms with Gasteiger partial charge in [-0.2, -0.15) is 5.26 Å². The van der Waals surface area contributed by atoms with Crippen molar-refractivity contribution >= 4 is 5.69 Å². The summed E-state index contributed by atoms with van der Waals surface area (Å²) in [6.45, 7) is 0. The molecule has 0 amide bonds. The van der Waals surface area contributed by atoms with Crippen molar-refractivity contribution in [3.05, 3.63) is 24.0 Å². The Morgan fingerprint density at radius 3 is 3.00 bits per heavy atom. The van der Waals surface area contributed by atoms with Crippen LogP contribution in [0.15, 0.2) is 18.3 Å². The summed E-state index contributed by atoms with van der Waals surface area (Å²) >= 11 is 0. The van der Waals surface area contributed by atoms with Gasteiger partial charge in [-0.25, -0.2) is 4.98 Å². The van der Waals surface area contributed by atoms with Gasteiger partial charge in [-0.05, 0) is 25.0 Å². The zero-order chi connectivity index (χ0) is 9.97. The molecule has 1 fully saturated rings. The lowest BCUT2D eigenvalue weighted by atomic mass is 9.89. The van der Waals surface area contributed by atoms with Gasteiger partial charge in [0.1, 0.15) is 11.8 Å². The molecule has 1 aliphatic rings. The normalized spacial score (nSPS) is 24.9. The molecule has 0 saturated heterocycles. The van der Waals surface area contributed by atoms with Crippen LogP contribution < -0.4 is 5.32 Å². The standard InChI is InChI=1S/C10H11N3O/c11-6-9-3-7(1-2-12-9)13-8-4-10(14)5-8/h1-3,8,10,14H,4-5H2,(H,12,13). The van der Waals surface area contributed by atoms with Gasteiger partial charge < -0.3 is 10.4 Å². The molecule has 0 unspecified atom stereocenters. The number of nitrogens with zero attached hydrogens (tertiary/aromatic N) is 2. The van der Waals surface area contributed by atoms with Crippen LogP contribution in [-0.4, -0.2) is 22.2 Å². The van der Waals surface area contributed by atoms with Gasteiger partial charge in [0.2, 0.25) is 0 Å². The summed E-state index contributed by atoms with van der Waals surface area (Å²) in [5.74, 6) is 0. The van der Waals surface area contributed by atoms with E-state index in [1.54, 1.807) is 12.3 Å². The predicted molar refractivity (Wildman–Crippen MR) is 51.6 cm³/mol. The van der Waals surface area contributed by atoms with Crippen molar-refractivity contribution in [1.82, 2.24) is 4.98 Å². The van der Waals surface area contributed by atoms with E-state index in [4.69, 9.17) is 10.4 Å². The number of anilines is 1. The fourth-order valence-electron chi connectivity index (χ4n) is 1.52. The van der Waals surface area contributed by atoms with E-state index < -0.39 is 0 Å². The number of hydrogen-bond acceptors (Lipinski definition) is 4. The molecule has 1 saturated carbocycles. The van der Waals surface area contributed by atoms with Crippen LogP contribution in [0, 0.1) is 11.3 Å². The molecule has 0 bridgehead atoms. The Morgan fingerprint density at radius 1 is 1.57 bits per heavy atom. The number of nitriles is 1. The minimum absolute atomic E-state index is 0.162. The highest BCUT2D eigenvalue weighted by Gasteiger charge is 2.26. The zero-order valence-corrected chi connectivity index (χ0v) is 7.64. The number of aliphatic hydroxyl groups is 1. The van der Waals surface area contributed by atoms with Crippen LogP contribution in [0.4, 0.5) is 5.69 Å². The zero-order valence-electron chi connectivity index (χ0n) is 7.64. The molecule has 4 nitrogen and oxygen atoms in total. The molecular weight excluding hydrogens is 178 g/mol. The van der Waals surface area contributed by atoms with Crippen molar-refractivity contribution in [1.29, 1.82) is 5.26 Å². The second kappa shape index (κ2) is 3.64. The van der Waals surface area contributed by atoms with Gasteiger partial charge in [-0.3, -0.25) is 0 Å². The minimum Gasteiger partial charge on any atom is -0.393 e. The van der Waals surface area contributed by atoms with E-state index in [0.29, 0.717) is 11.7 Å². The molecule has 1 aromatic rings. The largest absolute Gasteiger partial charge is 0.393 e. The molecule has 4 heteroatoms. The molecule has 14 heavy (non-hydrogen) atoms. The van der Waals surface area contributed by atoms with E-state index in [-0.39, 0.29) is 6.10 Å². The first-order valence-electron chi connectivity index (χ1n) is 4.58. The molecule has 1 heterocycles. The van der Waals surface area contributed by atoms with E-state index in [9.17, 15) is 0 Å². The van der Waals surface area contributed by atoms with Gasteiger partial charge in [-0.15, -0.1) is 0 Å². The van der Waals surface area contributed by atoms with E-state index >= 15 is 0 Å². The third-order valence-electron chi connectivity index (χ3n) is 2.36. The van der Waals surface area contributed by atoms with Crippen LogP contribution >= 0.6 is 0 Å². The predicted octanol–water partition coefficient (Wildman–Crippen LogP) is 0.888. The molecule has 0 atom stereocenters. The highest BCUT2D eigenvalue weighted by Crippen LogP contribution is 2.23. The molecule has 0 aliphatic heterocycles. The van der Waals surface area contributed by atoms with E-state index in [0.717, 1.165) is 18.5 Å². The van der Waals surface area contributed by atoms with Crippen LogP contribution in [-0.2, 0) is 0 Å². The number of aliphatic hydroxyl groups excluding tert-OH is 1. The quantitative estimate of drug-likeness (QED) is 0.724. The summed E-state index contributed by atoms with van der Waals surface area (Å²) < 4.78 is 0. The van der Waals surface area contributed by atoms with Crippen molar-refractivity contribution in [3.8, 4) is 6.07 Å². The van der Waals surface area contributed by atoms with Crippen molar-refractivity contribution < 1.29 is 5.11 Å². The van der Waals surface area contributed by atoms with E-state index in [1.165, 1.54) is 0 Å². The number of pyridine rings is 1. The summed E-state index contributed by atoms with van der Waals surface area (Å²) in [5.41, 5.74) is 1.31. The maximum atomic E-state index is 9.09. The Kier molecular flexibility index (Phi) is 2.33. The third-order valence-corrected chi connectivity index (χ3v) is 2.36. The summed E-state index contributed by atoms with van der Waals surface area (Å²) in [4.78, 5) is 3.87. The second-order valence-electron chi connectivity index (χ2n) is 3.51. The van der Waals surface area contributed by atoms with Crippen LogP contribution in [0.2, 0.25) is 0 Å². The fraction of sp³-hybridized carbons (Fsp3) is 0.400. The molecule has 0 radical (unpaired) electrons. The van der Waals surface area contributed by atoms with E-state index in [1.807, 2.05) is 12.1 Å². The summed E-state index contributed by atoms with van der Waals surface area (Å²) in [6.07, 6.45) is 3.01. The Hall–Kier alpha value is -1.60. The third kappa shape index (κ3) is 1.83. The first kappa shape index (κ1) is 8.97. The SMILES string of the molecule is N#Cc1cc(NC2CC(O)C2)ccn1. The summed E-state index contributed by atoms with van der Waals surface area (Å²) in [6, 6.07) is 5.86. The van der Waals surface area contributed by atoms with E-state index in [2.05, 4.69) is 10.3 Å². The average molecular weight is 189 g/mol. The lowest BCUT2D eigenvalue weighted by molar-refractivity contribution is 0.0836. The molecule has 1 aliphatic carbocycles. The van der Waals surface area contributed by atoms with Gasteiger partial charge >= 0.3 is 0 Å². The lowest BCUT2D eigenvalue weighted by Crippen LogP contribution is -2.38. The van der Waals surface area contributed by atoms with Crippen molar-refractivity contribution in [2.75, 3.05) is 5.32 Å². The highest BCUT2D eigenvalue weighted by molar-refractivity contribution is 5.47. The van der Waals surface area contributed by atoms with Gasteiger partial charge in [0.05, 0.1) is 6.10 Å². The maximum Gasteiger partial charge on any atom is 0.142 e. The first-order valence-corrected chi connectivity index (χ1v) is 4.58. The maximum absolute atomic E-state index is 9.09. The van der Waals surface area contributed by atoms with Crippen molar-refractivity contribution in [2.45, 2.75) is 25.0 Å². The van der Waals surface area contributed by atoms with Crippen LogP contribution in [0.25, 0.3) is 0 Å². The molecule has 0 spiro atoms. The monoisotopic (exact) mass is 189 g/mol. The Morgan fingerprint density at radius 2 is 2.36 bits per heavy atom. The molecular formula is C10H11N3O. The van der Waals surface area contributed by atoms with Crippen molar-refractivity contribution in [3.63, 3.8) is 0 Å². The molecule has 1 aromatic heterocycles. The van der Waals surface area contributed by atoms with Gasteiger partial charge in [0, 0.05) is 17.9 Å². The Labute approximate surface area is 82.2 Å². The first-order chi connectivity index (χ1) is 6.78. The fourth-order valence-corrected chi connectivity index (χ4v) is 1.52. The Balaban J connectivity index is 2.00. The van der Waals surface area contributed by atoms with Gasteiger partial charge in [0.15, 0.2) is 0 Å². The van der Waals surface area contributed by atoms with Crippen LogP contribution in [0.3, 0.4) is 0 Å². The second-order valence-corrected chi connectivity index (χ2v) is 3.51. The number of nitrogens with one attached hydrogen (secondary N) is 1. The molecule has 2 N–H and O–H groups in total. The smallest absolute Gasteiger partial charge is 0.142 e. The van der Waals surface area contributed by atoms with Gasteiger partial charge in [-0.1, -0.05) is 0 Å². The Bertz CT molecular complexity index is 366. The summed E-state index contributed by atoms with van der Waals surface area (Å²) in [5, 5.41) is 21.0. The van der Waals surface area contributed by atoms with Crippen LogP contribution in [0.5, 0.6) is 0 Å². The molecule has 0 aromatic carbocycles. The topological polar surface area (TPSA) is 68.9 Å². The number of aromatic nitrogens is 1. The number of rotatable bonds is 2. The lowest BCUT2D eigenvalue weighted by Gasteiger charge is -2.32. The summed E-state index contributed by atoms with van der Waals surface area (Å²) in [7, 11) is 0. The van der Waals surface area contributed by atoms with Crippen molar-refractivity contribution in [2.24, 2.45) is 0 Å². The number of hydrogen-bond donors (Lipinski definition) is 2.